The summed E-state index contributed by atoms with van der Waals surface area (Å²) in [4.78, 5) is 25.3. The molecule has 0 aromatic rings. The molecule has 5 heteroatoms. The third kappa shape index (κ3) is 3.08. The van der Waals surface area contributed by atoms with Gasteiger partial charge in [0.15, 0.2) is 0 Å². The second kappa shape index (κ2) is 5.90. The fourth-order valence-electron chi connectivity index (χ4n) is 3.06. The molecule has 1 saturated carbocycles. The molecule has 0 aromatic carbocycles. The van der Waals surface area contributed by atoms with Gasteiger partial charge in [-0.15, -0.1) is 0 Å². The minimum atomic E-state index is -0.879. The Bertz CT molecular complexity index is 346. The van der Waals surface area contributed by atoms with Crippen LogP contribution >= 0.6 is 0 Å². The summed E-state index contributed by atoms with van der Waals surface area (Å²) in [7, 11) is 1.64. The molecule has 0 radical (unpaired) electrons. The zero-order chi connectivity index (χ0) is 13.9. The van der Waals surface area contributed by atoms with Crippen LogP contribution in [0.1, 0.15) is 51.4 Å². The molecule has 0 spiro atoms. The molecule has 5 nitrogen and oxygen atoms in total. The van der Waals surface area contributed by atoms with Gasteiger partial charge in [-0.1, -0.05) is 12.8 Å². The highest BCUT2D eigenvalue weighted by Gasteiger charge is 2.41. The predicted molar refractivity (Wildman–Crippen MR) is 69.8 cm³/mol. The van der Waals surface area contributed by atoms with Crippen molar-refractivity contribution in [3.8, 4) is 0 Å². The van der Waals surface area contributed by atoms with Crippen LogP contribution in [-0.2, 0) is 14.3 Å². The summed E-state index contributed by atoms with van der Waals surface area (Å²) in [6.45, 7) is 0.565. The van der Waals surface area contributed by atoms with Crippen LogP contribution in [0.5, 0.6) is 0 Å². The Kier molecular flexibility index (Phi) is 4.45. The molecule has 1 amide bonds. The second-order valence-electron chi connectivity index (χ2n) is 5.71. The lowest BCUT2D eigenvalue weighted by atomic mass is 9.77. The van der Waals surface area contributed by atoms with Gasteiger partial charge in [0, 0.05) is 13.7 Å². The molecule has 1 atom stereocenters. The Hall–Kier alpha value is -1.10. The smallest absolute Gasteiger partial charge is 0.326 e. The van der Waals surface area contributed by atoms with Crippen LogP contribution in [0.15, 0.2) is 0 Å². The van der Waals surface area contributed by atoms with Crippen LogP contribution in [0.4, 0.5) is 0 Å². The first kappa shape index (κ1) is 14.3. The monoisotopic (exact) mass is 269 g/mol. The summed E-state index contributed by atoms with van der Waals surface area (Å²) in [5.41, 5.74) is -0.327. The number of nitrogens with zero attached hydrogens (tertiary/aromatic N) is 1. The number of carbonyl (C=O) groups is 2. The SMILES string of the molecule is COC1(CC(=O)N2CCCCCC2C(=O)O)CCC1. The third-order valence-corrected chi connectivity index (χ3v) is 4.53. The minimum Gasteiger partial charge on any atom is -0.480 e. The number of hydrogen-bond acceptors (Lipinski definition) is 3. The largest absolute Gasteiger partial charge is 0.480 e. The lowest BCUT2D eigenvalue weighted by Crippen LogP contribution is -2.50. The van der Waals surface area contributed by atoms with E-state index in [0.29, 0.717) is 19.4 Å². The van der Waals surface area contributed by atoms with Crippen molar-refractivity contribution in [2.45, 2.75) is 63.0 Å². The molecule has 1 aliphatic heterocycles. The van der Waals surface area contributed by atoms with Crippen LogP contribution in [0.3, 0.4) is 0 Å². The maximum Gasteiger partial charge on any atom is 0.326 e. The van der Waals surface area contributed by atoms with E-state index in [0.717, 1.165) is 38.5 Å². The van der Waals surface area contributed by atoms with Gasteiger partial charge in [0.25, 0.3) is 0 Å². The summed E-state index contributed by atoms with van der Waals surface area (Å²) in [5.74, 6) is -0.939. The Morgan fingerprint density at radius 1 is 1.26 bits per heavy atom. The Balaban J connectivity index is 2.04. The van der Waals surface area contributed by atoms with Gasteiger partial charge in [0.1, 0.15) is 6.04 Å². The van der Waals surface area contributed by atoms with E-state index < -0.39 is 12.0 Å². The zero-order valence-corrected chi connectivity index (χ0v) is 11.6. The Morgan fingerprint density at radius 3 is 2.53 bits per heavy atom. The average molecular weight is 269 g/mol. The highest BCUT2D eigenvalue weighted by Crippen LogP contribution is 2.38. The van der Waals surface area contributed by atoms with Crippen molar-refractivity contribution in [3.05, 3.63) is 0 Å². The number of carboxylic acids is 1. The first-order chi connectivity index (χ1) is 9.08. The summed E-state index contributed by atoms with van der Waals surface area (Å²) in [6.07, 6.45) is 6.58. The first-order valence-corrected chi connectivity index (χ1v) is 7.15. The normalized spacial score (nSPS) is 26.4. The summed E-state index contributed by atoms with van der Waals surface area (Å²) >= 11 is 0. The Morgan fingerprint density at radius 2 is 2.00 bits per heavy atom. The first-order valence-electron chi connectivity index (χ1n) is 7.15. The van der Waals surface area contributed by atoms with Gasteiger partial charge in [-0.25, -0.2) is 4.79 Å². The number of methoxy groups -OCH3 is 1. The second-order valence-corrected chi connectivity index (χ2v) is 5.71. The van der Waals surface area contributed by atoms with Gasteiger partial charge in [-0.3, -0.25) is 4.79 Å². The van der Waals surface area contributed by atoms with Crippen molar-refractivity contribution in [2.75, 3.05) is 13.7 Å². The number of carboxylic acid groups (broad SMARTS) is 1. The number of ether oxygens (including phenoxy) is 1. The number of rotatable bonds is 4. The molecule has 1 unspecified atom stereocenters. The van der Waals surface area contributed by atoms with Gasteiger partial charge in [-0.05, 0) is 32.1 Å². The molecular weight excluding hydrogens is 246 g/mol. The van der Waals surface area contributed by atoms with Crippen LogP contribution in [0, 0.1) is 0 Å². The number of hydrogen-bond donors (Lipinski definition) is 1. The summed E-state index contributed by atoms with van der Waals surface area (Å²) < 4.78 is 5.47. The predicted octanol–water partition coefficient (Wildman–Crippen LogP) is 1.80. The molecule has 1 saturated heterocycles. The van der Waals surface area contributed by atoms with E-state index in [1.54, 1.807) is 12.0 Å². The molecule has 0 bridgehead atoms. The standard InChI is InChI=1S/C14H23NO4/c1-19-14(7-5-8-14)10-12(16)15-9-4-2-3-6-11(15)13(17)18/h11H,2-10H2,1H3,(H,17,18). The van der Waals surface area contributed by atoms with Crippen molar-refractivity contribution >= 4 is 11.9 Å². The molecule has 2 rings (SSSR count). The maximum atomic E-state index is 12.4. The average Bonchev–Trinajstić information content (AvgIpc) is 2.59. The fourth-order valence-corrected chi connectivity index (χ4v) is 3.06. The highest BCUT2D eigenvalue weighted by molar-refractivity contribution is 5.84. The number of aliphatic carboxylic acids is 1. The molecule has 0 aromatic heterocycles. The molecule has 2 aliphatic rings. The van der Waals surface area contributed by atoms with E-state index in [9.17, 15) is 14.7 Å². The van der Waals surface area contributed by atoms with E-state index in [1.165, 1.54) is 0 Å². The van der Waals surface area contributed by atoms with Crippen LogP contribution in [-0.4, -0.2) is 47.2 Å². The molecule has 2 fully saturated rings. The highest BCUT2D eigenvalue weighted by atomic mass is 16.5. The van der Waals surface area contributed by atoms with Crippen molar-refractivity contribution in [2.24, 2.45) is 0 Å². The van der Waals surface area contributed by atoms with E-state index in [-0.39, 0.29) is 11.5 Å². The lowest BCUT2D eigenvalue weighted by Gasteiger charge is -2.41. The lowest BCUT2D eigenvalue weighted by molar-refractivity contribution is -0.156. The van der Waals surface area contributed by atoms with Gasteiger partial charge >= 0.3 is 5.97 Å². The van der Waals surface area contributed by atoms with Crippen molar-refractivity contribution in [1.82, 2.24) is 4.90 Å². The van der Waals surface area contributed by atoms with E-state index in [1.807, 2.05) is 0 Å². The summed E-state index contributed by atoms with van der Waals surface area (Å²) in [5, 5.41) is 9.28. The van der Waals surface area contributed by atoms with Crippen LogP contribution in [0.25, 0.3) is 0 Å². The fraction of sp³-hybridized carbons (Fsp3) is 0.857. The van der Waals surface area contributed by atoms with E-state index >= 15 is 0 Å². The molecular formula is C14H23NO4. The Labute approximate surface area is 113 Å². The summed E-state index contributed by atoms with van der Waals surface area (Å²) in [6, 6.07) is -0.649. The van der Waals surface area contributed by atoms with Gasteiger partial charge in [-0.2, -0.15) is 0 Å². The van der Waals surface area contributed by atoms with Gasteiger partial charge < -0.3 is 14.7 Å². The minimum absolute atomic E-state index is 0.0594. The van der Waals surface area contributed by atoms with Crippen molar-refractivity contribution < 1.29 is 19.4 Å². The molecule has 19 heavy (non-hydrogen) atoms. The van der Waals surface area contributed by atoms with Crippen LogP contribution in [0.2, 0.25) is 0 Å². The van der Waals surface area contributed by atoms with Gasteiger partial charge in [0.05, 0.1) is 12.0 Å². The molecule has 1 aliphatic carbocycles. The van der Waals surface area contributed by atoms with Crippen LogP contribution < -0.4 is 0 Å². The third-order valence-electron chi connectivity index (χ3n) is 4.53. The van der Waals surface area contributed by atoms with Crippen molar-refractivity contribution in [1.29, 1.82) is 0 Å². The number of likely N-dealkylation sites (tertiary alicyclic amines) is 1. The van der Waals surface area contributed by atoms with Gasteiger partial charge in [0.2, 0.25) is 5.91 Å². The number of carbonyl (C=O) groups excluding carboxylic acids is 1. The quantitative estimate of drug-likeness (QED) is 0.845. The van der Waals surface area contributed by atoms with E-state index in [2.05, 4.69) is 0 Å². The number of amides is 1. The molecule has 1 heterocycles. The zero-order valence-electron chi connectivity index (χ0n) is 11.6. The topological polar surface area (TPSA) is 66.8 Å². The van der Waals surface area contributed by atoms with Crippen molar-refractivity contribution in [3.63, 3.8) is 0 Å². The molecule has 1 N–H and O–H groups in total. The van der Waals surface area contributed by atoms with E-state index in [4.69, 9.17) is 4.74 Å². The maximum absolute atomic E-state index is 12.4. The molecule has 108 valence electrons.